The Balaban J connectivity index is 1.62. The van der Waals surface area contributed by atoms with E-state index in [2.05, 4.69) is 39.9 Å². The second-order valence-corrected chi connectivity index (χ2v) is 6.36. The molecule has 1 unspecified atom stereocenters. The van der Waals surface area contributed by atoms with Gasteiger partial charge in [-0.15, -0.1) is 11.3 Å². The summed E-state index contributed by atoms with van der Waals surface area (Å²) in [5.41, 5.74) is 1.02. The number of hydrogen-bond acceptors (Lipinski definition) is 5. The van der Waals surface area contributed by atoms with Gasteiger partial charge in [0.15, 0.2) is 5.76 Å². The predicted molar refractivity (Wildman–Crippen MR) is 81.8 cm³/mol. The summed E-state index contributed by atoms with van der Waals surface area (Å²) >= 11 is 1.68. The van der Waals surface area contributed by atoms with E-state index in [4.69, 9.17) is 4.52 Å². The Labute approximate surface area is 123 Å². The minimum absolute atomic E-state index is 0.645. The molecule has 0 amide bonds. The zero-order valence-electron chi connectivity index (χ0n) is 11.8. The van der Waals surface area contributed by atoms with Gasteiger partial charge in [-0.25, -0.2) is 0 Å². The number of hydrogen-bond donors (Lipinski definition) is 1. The molecule has 3 heterocycles. The molecular formula is C15H21N3OS. The maximum Gasteiger partial charge on any atom is 0.177 e. The van der Waals surface area contributed by atoms with Crippen LogP contribution in [0.3, 0.4) is 0 Å². The first-order valence-electron chi connectivity index (χ1n) is 7.23. The molecule has 1 fully saturated rings. The molecule has 1 N–H and O–H groups in total. The molecule has 0 radical (unpaired) electrons. The van der Waals surface area contributed by atoms with Crippen LogP contribution in [0.15, 0.2) is 28.1 Å². The number of nitrogens with one attached hydrogen (secondary N) is 1. The van der Waals surface area contributed by atoms with Crippen LogP contribution in [-0.2, 0) is 6.54 Å². The Hall–Kier alpha value is -1.17. The molecule has 0 aromatic carbocycles. The van der Waals surface area contributed by atoms with E-state index in [1.54, 1.807) is 11.3 Å². The highest BCUT2D eigenvalue weighted by Crippen LogP contribution is 2.25. The zero-order chi connectivity index (χ0) is 13.8. The fourth-order valence-corrected chi connectivity index (χ4v) is 3.42. The van der Waals surface area contributed by atoms with Crippen LogP contribution in [0.5, 0.6) is 0 Å². The number of nitrogens with zero attached hydrogens (tertiary/aromatic N) is 2. The summed E-state index contributed by atoms with van der Waals surface area (Å²) in [7, 11) is 2.19. The fraction of sp³-hybridized carbons (Fsp3) is 0.533. The Bertz CT molecular complexity index is 515. The van der Waals surface area contributed by atoms with E-state index >= 15 is 0 Å². The third-order valence-corrected chi connectivity index (χ3v) is 4.79. The summed E-state index contributed by atoms with van der Waals surface area (Å²) in [5.74, 6) is 0.880. The molecule has 5 heteroatoms. The average molecular weight is 291 g/mol. The van der Waals surface area contributed by atoms with E-state index < -0.39 is 0 Å². The number of aromatic nitrogens is 1. The van der Waals surface area contributed by atoms with Crippen molar-refractivity contribution in [3.8, 4) is 10.6 Å². The van der Waals surface area contributed by atoms with Crippen LogP contribution in [0, 0.1) is 0 Å². The Kier molecular flexibility index (Phi) is 4.50. The van der Waals surface area contributed by atoms with Crippen LogP contribution in [-0.4, -0.2) is 36.2 Å². The Morgan fingerprint density at radius 2 is 2.40 bits per heavy atom. The highest BCUT2D eigenvalue weighted by atomic mass is 32.1. The summed E-state index contributed by atoms with van der Waals surface area (Å²) in [6.07, 6.45) is 3.74. The van der Waals surface area contributed by atoms with Crippen LogP contribution in [0.1, 0.15) is 25.0 Å². The van der Waals surface area contributed by atoms with Crippen molar-refractivity contribution < 1.29 is 4.52 Å². The van der Waals surface area contributed by atoms with Gasteiger partial charge in [0.25, 0.3) is 0 Å². The first-order valence-corrected chi connectivity index (χ1v) is 8.11. The molecule has 2 aromatic rings. The third-order valence-electron chi connectivity index (χ3n) is 3.90. The lowest BCUT2D eigenvalue weighted by Crippen LogP contribution is -2.32. The standard InChI is InChI=1S/C15H21N3OS/c1-18(13-4-2-7-16-8-6-13)11-12-10-14(19-17-12)15-5-3-9-20-15/h3,5,9-10,13,16H,2,4,6-8,11H2,1H3. The van der Waals surface area contributed by atoms with Crippen molar-refractivity contribution in [2.24, 2.45) is 0 Å². The summed E-state index contributed by atoms with van der Waals surface area (Å²) in [6, 6.07) is 6.81. The number of rotatable bonds is 4. The monoisotopic (exact) mass is 291 g/mol. The second kappa shape index (κ2) is 6.52. The fourth-order valence-electron chi connectivity index (χ4n) is 2.75. The summed E-state index contributed by atoms with van der Waals surface area (Å²) in [4.78, 5) is 3.55. The summed E-state index contributed by atoms with van der Waals surface area (Å²) in [6.45, 7) is 3.13. The highest BCUT2D eigenvalue weighted by molar-refractivity contribution is 7.13. The molecule has 0 saturated carbocycles. The van der Waals surface area contributed by atoms with Crippen molar-refractivity contribution >= 4 is 11.3 Å². The quantitative estimate of drug-likeness (QED) is 0.940. The van der Waals surface area contributed by atoms with E-state index in [1.165, 1.54) is 19.3 Å². The predicted octanol–water partition coefficient (Wildman–Crippen LogP) is 2.98. The molecule has 1 aliphatic rings. The van der Waals surface area contributed by atoms with E-state index in [0.29, 0.717) is 6.04 Å². The maximum atomic E-state index is 5.44. The van der Waals surface area contributed by atoms with Crippen molar-refractivity contribution in [3.05, 3.63) is 29.3 Å². The molecule has 0 bridgehead atoms. The van der Waals surface area contributed by atoms with Crippen molar-refractivity contribution in [2.75, 3.05) is 20.1 Å². The van der Waals surface area contributed by atoms with Gasteiger partial charge < -0.3 is 9.84 Å². The molecular weight excluding hydrogens is 270 g/mol. The van der Waals surface area contributed by atoms with Crippen LogP contribution >= 0.6 is 11.3 Å². The van der Waals surface area contributed by atoms with E-state index in [-0.39, 0.29) is 0 Å². The molecule has 1 saturated heterocycles. The van der Waals surface area contributed by atoms with Crippen molar-refractivity contribution in [2.45, 2.75) is 31.8 Å². The van der Waals surface area contributed by atoms with Gasteiger partial charge in [-0.3, -0.25) is 4.90 Å². The summed E-state index contributed by atoms with van der Waals surface area (Å²) in [5, 5.41) is 9.72. The first-order chi connectivity index (χ1) is 9.83. The van der Waals surface area contributed by atoms with Crippen molar-refractivity contribution in [1.82, 2.24) is 15.4 Å². The second-order valence-electron chi connectivity index (χ2n) is 5.41. The lowest BCUT2D eigenvalue weighted by molar-refractivity contribution is 0.211. The molecule has 20 heavy (non-hydrogen) atoms. The zero-order valence-corrected chi connectivity index (χ0v) is 12.7. The van der Waals surface area contributed by atoms with E-state index in [0.717, 1.165) is 36.0 Å². The SMILES string of the molecule is CN(Cc1cc(-c2cccs2)on1)C1CCCNCC1. The van der Waals surface area contributed by atoms with E-state index in [1.807, 2.05) is 6.07 Å². The van der Waals surface area contributed by atoms with Gasteiger partial charge in [0, 0.05) is 18.7 Å². The van der Waals surface area contributed by atoms with Gasteiger partial charge in [0.1, 0.15) is 0 Å². The van der Waals surface area contributed by atoms with Crippen LogP contribution in [0.2, 0.25) is 0 Å². The van der Waals surface area contributed by atoms with Crippen molar-refractivity contribution in [3.63, 3.8) is 0 Å². The maximum absolute atomic E-state index is 5.44. The average Bonchev–Trinajstić information content (AvgIpc) is 3.05. The molecule has 1 atom stereocenters. The normalized spacial score (nSPS) is 20.2. The lowest BCUT2D eigenvalue weighted by atomic mass is 10.1. The smallest absolute Gasteiger partial charge is 0.177 e. The van der Waals surface area contributed by atoms with Gasteiger partial charge in [0.2, 0.25) is 0 Å². The molecule has 1 aliphatic heterocycles. The van der Waals surface area contributed by atoms with Gasteiger partial charge in [0.05, 0.1) is 10.6 Å². The lowest BCUT2D eigenvalue weighted by Gasteiger charge is -2.25. The highest BCUT2D eigenvalue weighted by Gasteiger charge is 2.18. The third kappa shape index (κ3) is 3.29. The minimum atomic E-state index is 0.645. The van der Waals surface area contributed by atoms with Crippen LogP contribution < -0.4 is 5.32 Å². The van der Waals surface area contributed by atoms with Crippen molar-refractivity contribution in [1.29, 1.82) is 0 Å². The van der Waals surface area contributed by atoms with Gasteiger partial charge in [-0.2, -0.15) is 0 Å². The topological polar surface area (TPSA) is 41.3 Å². The molecule has 0 spiro atoms. The summed E-state index contributed by atoms with van der Waals surface area (Å²) < 4.78 is 5.44. The Morgan fingerprint density at radius 1 is 1.45 bits per heavy atom. The minimum Gasteiger partial charge on any atom is -0.355 e. The molecule has 108 valence electrons. The van der Waals surface area contributed by atoms with Crippen LogP contribution in [0.25, 0.3) is 10.6 Å². The molecule has 4 nitrogen and oxygen atoms in total. The van der Waals surface area contributed by atoms with Crippen LogP contribution in [0.4, 0.5) is 0 Å². The first kappa shape index (κ1) is 13.8. The molecule has 3 rings (SSSR count). The van der Waals surface area contributed by atoms with Gasteiger partial charge >= 0.3 is 0 Å². The molecule has 2 aromatic heterocycles. The van der Waals surface area contributed by atoms with Gasteiger partial charge in [-0.05, 0) is 50.8 Å². The van der Waals surface area contributed by atoms with E-state index in [9.17, 15) is 0 Å². The Morgan fingerprint density at radius 3 is 3.25 bits per heavy atom. The van der Waals surface area contributed by atoms with Gasteiger partial charge in [-0.1, -0.05) is 11.2 Å². The molecule has 0 aliphatic carbocycles. The largest absolute Gasteiger partial charge is 0.355 e. The number of thiophene rings is 1.